The zero-order chi connectivity index (χ0) is 15.1. The summed E-state index contributed by atoms with van der Waals surface area (Å²) >= 11 is 0. The maximum absolute atomic E-state index is 11.7. The molecule has 0 aromatic heterocycles. The van der Waals surface area contributed by atoms with Gasteiger partial charge in [-0.25, -0.2) is 0 Å². The third kappa shape index (κ3) is 5.33. The fourth-order valence-corrected chi connectivity index (χ4v) is 2.27. The van der Waals surface area contributed by atoms with Gasteiger partial charge >= 0.3 is 0 Å². The largest absolute Gasteiger partial charge is 0.354 e. The molecule has 0 aliphatic heterocycles. The van der Waals surface area contributed by atoms with Crippen LogP contribution in [0.2, 0.25) is 0 Å². The normalized spacial score (nSPS) is 13.8. The van der Waals surface area contributed by atoms with Crippen LogP contribution in [0.25, 0.3) is 0 Å². The third-order valence-corrected chi connectivity index (χ3v) is 3.71. The van der Waals surface area contributed by atoms with Gasteiger partial charge in [0.15, 0.2) is 0 Å². The van der Waals surface area contributed by atoms with Crippen molar-refractivity contribution in [2.45, 2.75) is 59.5 Å². The van der Waals surface area contributed by atoms with Gasteiger partial charge in [-0.15, -0.1) is 0 Å². The van der Waals surface area contributed by atoms with Crippen molar-refractivity contribution in [3.05, 3.63) is 34.9 Å². The second-order valence-electron chi connectivity index (χ2n) is 5.66. The number of carbonyl (C=O) groups excluding carboxylic acids is 1. The van der Waals surface area contributed by atoms with Crippen molar-refractivity contribution in [1.82, 2.24) is 10.6 Å². The summed E-state index contributed by atoms with van der Waals surface area (Å²) in [7, 11) is 0. The minimum absolute atomic E-state index is 0.125. The van der Waals surface area contributed by atoms with Crippen LogP contribution in [0.4, 0.5) is 0 Å². The fourth-order valence-electron chi connectivity index (χ4n) is 2.27. The van der Waals surface area contributed by atoms with Crippen molar-refractivity contribution < 1.29 is 4.79 Å². The van der Waals surface area contributed by atoms with Crippen LogP contribution in [-0.2, 0) is 4.79 Å². The molecule has 112 valence electrons. The first-order valence-corrected chi connectivity index (χ1v) is 7.54. The molecule has 1 aromatic carbocycles. The van der Waals surface area contributed by atoms with E-state index in [1.165, 1.54) is 16.7 Å². The lowest BCUT2D eigenvalue weighted by molar-refractivity contribution is -0.121. The van der Waals surface area contributed by atoms with Gasteiger partial charge in [0.1, 0.15) is 0 Å². The first kappa shape index (κ1) is 16.7. The van der Waals surface area contributed by atoms with Gasteiger partial charge in [0, 0.05) is 25.0 Å². The Kier molecular flexibility index (Phi) is 6.73. The lowest BCUT2D eigenvalue weighted by Crippen LogP contribution is -2.34. The quantitative estimate of drug-likeness (QED) is 0.802. The molecule has 0 aliphatic carbocycles. The van der Waals surface area contributed by atoms with E-state index >= 15 is 0 Å². The van der Waals surface area contributed by atoms with Crippen molar-refractivity contribution in [3.8, 4) is 0 Å². The summed E-state index contributed by atoms with van der Waals surface area (Å²) in [5, 5.41) is 6.40. The Morgan fingerprint density at radius 2 is 1.95 bits per heavy atom. The molecule has 3 heteroatoms. The van der Waals surface area contributed by atoms with E-state index in [9.17, 15) is 4.79 Å². The Morgan fingerprint density at radius 1 is 1.25 bits per heavy atom. The lowest BCUT2D eigenvalue weighted by atomic mass is 10.0. The summed E-state index contributed by atoms with van der Waals surface area (Å²) in [6, 6.07) is 7.03. The molecule has 1 rings (SSSR count). The first-order valence-electron chi connectivity index (χ1n) is 7.54. The molecular formula is C17H28N2O. The number of nitrogens with one attached hydrogen (secondary N) is 2. The first-order chi connectivity index (χ1) is 9.43. The maximum Gasteiger partial charge on any atom is 0.221 e. The highest BCUT2D eigenvalue weighted by Crippen LogP contribution is 2.18. The van der Waals surface area contributed by atoms with Crippen molar-refractivity contribution in [3.63, 3.8) is 0 Å². The van der Waals surface area contributed by atoms with Crippen LogP contribution in [0.5, 0.6) is 0 Å². The van der Waals surface area contributed by atoms with Crippen LogP contribution in [-0.4, -0.2) is 18.5 Å². The molecule has 0 aliphatic rings. The van der Waals surface area contributed by atoms with Crippen LogP contribution in [0.15, 0.2) is 18.2 Å². The zero-order valence-electron chi connectivity index (χ0n) is 13.4. The van der Waals surface area contributed by atoms with Crippen LogP contribution in [0.3, 0.4) is 0 Å². The molecule has 0 radical (unpaired) electrons. The van der Waals surface area contributed by atoms with E-state index in [2.05, 4.69) is 56.5 Å². The SMILES string of the molecule is CCC(C)NC(=O)CCNC(C)c1ccc(C)cc1C. The predicted octanol–water partition coefficient (Wildman–Crippen LogP) is 3.26. The molecule has 1 amide bonds. The van der Waals surface area contributed by atoms with E-state index < -0.39 is 0 Å². The number of rotatable bonds is 7. The molecule has 0 fully saturated rings. The smallest absolute Gasteiger partial charge is 0.221 e. The molecule has 0 saturated heterocycles. The average molecular weight is 276 g/mol. The molecule has 2 N–H and O–H groups in total. The number of carbonyl (C=O) groups is 1. The van der Waals surface area contributed by atoms with E-state index in [4.69, 9.17) is 0 Å². The van der Waals surface area contributed by atoms with Gasteiger partial charge in [-0.05, 0) is 45.2 Å². The van der Waals surface area contributed by atoms with Gasteiger partial charge in [-0.2, -0.15) is 0 Å². The number of amides is 1. The lowest BCUT2D eigenvalue weighted by Gasteiger charge is -2.17. The molecule has 2 unspecified atom stereocenters. The Balaban J connectivity index is 2.40. The van der Waals surface area contributed by atoms with Crippen LogP contribution < -0.4 is 10.6 Å². The number of hydrogen-bond acceptors (Lipinski definition) is 2. The van der Waals surface area contributed by atoms with Gasteiger partial charge in [0.05, 0.1) is 0 Å². The van der Waals surface area contributed by atoms with Crippen LogP contribution in [0, 0.1) is 13.8 Å². The monoisotopic (exact) mass is 276 g/mol. The highest BCUT2D eigenvalue weighted by Gasteiger charge is 2.09. The van der Waals surface area contributed by atoms with Crippen molar-refractivity contribution >= 4 is 5.91 Å². The van der Waals surface area contributed by atoms with Crippen molar-refractivity contribution in [2.24, 2.45) is 0 Å². The van der Waals surface area contributed by atoms with Gasteiger partial charge < -0.3 is 10.6 Å². The van der Waals surface area contributed by atoms with E-state index in [0.29, 0.717) is 13.0 Å². The van der Waals surface area contributed by atoms with Crippen molar-refractivity contribution in [2.75, 3.05) is 6.54 Å². The van der Waals surface area contributed by atoms with Crippen LogP contribution >= 0.6 is 0 Å². The van der Waals surface area contributed by atoms with E-state index in [1.807, 2.05) is 6.92 Å². The van der Waals surface area contributed by atoms with Gasteiger partial charge in [0.25, 0.3) is 0 Å². The summed E-state index contributed by atoms with van der Waals surface area (Å²) in [5.41, 5.74) is 3.89. The summed E-state index contributed by atoms with van der Waals surface area (Å²) < 4.78 is 0. The molecular weight excluding hydrogens is 248 g/mol. The molecule has 0 spiro atoms. The minimum Gasteiger partial charge on any atom is -0.354 e. The molecule has 3 nitrogen and oxygen atoms in total. The zero-order valence-corrected chi connectivity index (χ0v) is 13.4. The number of benzene rings is 1. The maximum atomic E-state index is 11.7. The highest BCUT2D eigenvalue weighted by molar-refractivity contribution is 5.76. The molecule has 0 saturated carbocycles. The second-order valence-corrected chi connectivity index (χ2v) is 5.66. The Bertz CT molecular complexity index is 443. The van der Waals surface area contributed by atoms with Gasteiger partial charge in [-0.3, -0.25) is 4.79 Å². The Labute approximate surface area is 123 Å². The molecule has 0 bridgehead atoms. The highest BCUT2D eigenvalue weighted by atomic mass is 16.1. The summed E-state index contributed by atoms with van der Waals surface area (Å²) in [6.07, 6.45) is 1.50. The third-order valence-electron chi connectivity index (χ3n) is 3.71. The predicted molar refractivity (Wildman–Crippen MR) is 84.8 cm³/mol. The van der Waals surface area contributed by atoms with E-state index in [1.54, 1.807) is 0 Å². The van der Waals surface area contributed by atoms with E-state index in [0.717, 1.165) is 6.42 Å². The summed E-state index contributed by atoms with van der Waals surface area (Å²) in [4.78, 5) is 11.7. The van der Waals surface area contributed by atoms with Gasteiger partial charge in [0.2, 0.25) is 5.91 Å². The number of hydrogen-bond donors (Lipinski definition) is 2. The topological polar surface area (TPSA) is 41.1 Å². The van der Waals surface area contributed by atoms with E-state index in [-0.39, 0.29) is 18.0 Å². The molecule has 0 heterocycles. The molecule has 1 aromatic rings. The fraction of sp³-hybridized carbons (Fsp3) is 0.588. The van der Waals surface area contributed by atoms with Gasteiger partial charge in [-0.1, -0.05) is 30.7 Å². The Hall–Kier alpha value is -1.35. The summed E-state index contributed by atoms with van der Waals surface area (Å²) in [6.45, 7) is 11.2. The summed E-state index contributed by atoms with van der Waals surface area (Å²) in [5.74, 6) is 0.125. The van der Waals surface area contributed by atoms with Crippen molar-refractivity contribution in [1.29, 1.82) is 0 Å². The molecule has 2 atom stereocenters. The Morgan fingerprint density at radius 3 is 2.55 bits per heavy atom. The average Bonchev–Trinajstić information content (AvgIpc) is 2.38. The second kappa shape index (κ2) is 8.05. The number of aryl methyl sites for hydroxylation is 2. The van der Waals surface area contributed by atoms with Crippen LogP contribution in [0.1, 0.15) is 56.3 Å². The minimum atomic E-state index is 0.125. The standard InChI is InChI=1S/C17H28N2O/c1-6-14(4)19-17(20)9-10-18-15(5)16-8-7-12(2)11-13(16)3/h7-8,11,14-15,18H,6,9-10H2,1-5H3,(H,19,20). The molecule has 20 heavy (non-hydrogen) atoms.